The first-order valence-corrected chi connectivity index (χ1v) is 21.7. The molecule has 0 heterocycles. The maximum Gasteiger partial charge on any atom is -0.147 e. The molecule has 4 heteroatoms. The summed E-state index contributed by atoms with van der Waals surface area (Å²) in [7, 11) is 0. The molecule has 0 saturated carbocycles. The van der Waals surface area contributed by atoms with E-state index in [9.17, 15) is 0 Å². The van der Waals surface area contributed by atoms with Crippen LogP contribution in [0.25, 0.3) is 0 Å². The summed E-state index contributed by atoms with van der Waals surface area (Å²) in [6.45, 7) is 9.58. The SMILES string of the molecule is CCC[CH2][Zr](=[SiH2])([CH2]CCC)([C]1=CC=CC1)[C]1=CC(CCC)=CC1.Cl.Cl. The molecule has 0 radical (unpaired) electrons. The third-order valence-corrected chi connectivity index (χ3v) is 33.5. The van der Waals surface area contributed by atoms with Crippen molar-refractivity contribution in [1.29, 1.82) is 0 Å². The Morgan fingerprint density at radius 1 is 0.920 bits per heavy atom. The summed E-state index contributed by atoms with van der Waals surface area (Å²) in [6, 6.07) is 0. The summed E-state index contributed by atoms with van der Waals surface area (Å²) >= 11 is -3.00. The van der Waals surface area contributed by atoms with Crippen molar-refractivity contribution in [2.75, 3.05) is 0 Å². The van der Waals surface area contributed by atoms with Crippen LogP contribution < -0.4 is 0 Å². The van der Waals surface area contributed by atoms with Crippen LogP contribution in [0.2, 0.25) is 8.26 Å². The van der Waals surface area contributed by atoms with Gasteiger partial charge in [-0.15, -0.1) is 24.8 Å². The molecule has 0 nitrogen and oxygen atoms in total. The Morgan fingerprint density at radius 2 is 1.56 bits per heavy atom. The number of allylic oxidation sites excluding steroid dienone is 8. The van der Waals surface area contributed by atoms with Gasteiger partial charge in [0.15, 0.2) is 0 Å². The third kappa shape index (κ3) is 5.56. The van der Waals surface area contributed by atoms with Crippen molar-refractivity contribution in [3.05, 3.63) is 42.5 Å². The predicted molar refractivity (Wildman–Crippen MR) is 120 cm³/mol. The molecule has 25 heavy (non-hydrogen) atoms. The first-order valence-electron chi connectivity index (χ1n) is 9.88. The number of halogens is 2. The normalized spacial score (nSPS) is 16.7. The molecule has 0 aromatic carbocycles. The van der Waals surface area contributed by atoms with Crippen LogP contribution in [-0.4, -0.2) is 6.88 Å². The van der Waals surface area contributed by atoms with Gasteiger partial charge >= 0.3 is 147 Å². The van der Waals surface area contributed by atoms with Gasteiger partial charge in [0.25, 0.3) is 0 Å². The van der Waals surface area contributed by atoms with E-state index in [0.717, 1.165) is 0 Å². The zero-order valence-electron chi connectivity index (χ0n) is 16.5. The molecule has 2 rings (SSSR count). The quantitative estimate of drug-likeness (QED) is 0.287. The average Bonchev–Trinajstić information content (AvgIpc) is 3.24. The van der Waals surface area contributed by atoms with E-state index in [4.69, 9.17) is 0 Å². The molecule has 0 fully saturated rings. The summed E-state index contributed by atoms with van der Waals surface area (Å²) in [5, 5.41) is 0. The van der Waals surface area contributed by atoms with E-state index in [-0.39, 0.29) is 24.8 Å². The van der Waals surface area contributed by atoms with Crippen LogP contribution in [0.15, 0.2) is 42.5 Å². The molecular formula is C21H38Cl2SiZr. The molecule has 0 aromatic rings. The van der Waals surface area contributed by atoms with Gasteiger partial charge in [-0.3, -0.25) is 0 Å². The summed E-state index contributed by atoms with van der Waals surface area (Å²) in [5.41, 5.74) is 1.63. The second kappa shape index (κ2) is 11.5. The van der Waals surface area contributed by atoms with Crippen molar-refractivity contribution >= 4 is 31.7 Å². The van der Waals surface area contributed by atoms with Crippen LogP contribution >= 0.6 is 24.8 Å². The minimum atomic E-state index is -3.00. The van der Waals surface area contributed by atoms with Crippen LogP contribution in [0.5, 0.6) is 0 Å². The molecule has 0 N–H and O–H groups in total. The largest absolute Gasteiger partial charge is 0.147 e. The van der Waals surface area contributed by atoms with Crippen LogP contribution in [0.1, 0.15) is 72.1 Å². The number of unbranched alkanes of at least 4 members (excludes halogenated alkanes) is 2. The number of hydrogen-bond acceptors (Lipinski definition) is 0. The van der Waals surface area contributed by atoms with Gasteiger partial charge in [0.05, 0.1) is 0 Å². The standard InChI is InChI=1S/C8H11.C5H5.2C4H9.2ClH.H2Si.Zr/c1-2-5-8-6-3-4-7-8;1-2-4-5-3-1;2*1-3-4-2;;;;/h6-7H,2-3,5H2,1H3;1-3H,4H2;2*1,3-4H2,2H3;2*1H;1H2;. The second-order valence-electron chi connectivity index (χ2n) is 7.87. The van der Waals surface area contributed by atoms with E-state index >= 15 is 0 Å². The van der Waals surface area contributed by atoms with Crippen molar-refractivity contribution < 1.29 is 17.4 Å². The predicted octanol–water partition coefficient (Wildman–Crippen LogP) is 7.36. The van der Waals surface area contributed by atoms with Gasteiger partial charge in [0.2, 0.25) is 0 Å². The molecule has 0 aromatic heterocycles. The molecule has 0 unspecified atom stereocenters. The molecule has 0 aliphatic heterocycles. The fourth-order valence-corrected chi connectivity index (χ4v) is 27.2. The van der Waals surface area contributed by atoms with Gasteiger partial charge in [-0.1, -0.05) is 0 Å². The summed E-state index contributed by atoms with van der Waals surface area (Å²) in [5.74, 6) is 0. The Balaban J connectivity index is 0.00000288. The third-order valence-electron chi connectivity index (χ3n) is 6.20. The fraction of sp³-hybridized carbons (Fsp3) is 0.619. The summed E-state index contributed by atoms with van der Waals surface area (Å²) in [6.07, 6.45) is 23.1. The van der Waals surface area contributed by atoms with Gasteiger partial charge in [-0.05, 0) is 0 Å². The Morgan fingerprint density at radius 3 is 2.04 bits per heavy atom. The van der Waals surface area contributed by atoms with Crippen molar-refractivity contribution in [3.63, 3.8) is 0 Å². The number of hydrogen-bond donors (Lipinski definition) is 0. The Hall–Kier alpha value is 0.640. The van der Waals surface area contributed by atoms with E-state index < -0.39 is 17.4 Å². The van der Waals surface area contributed by atoms with Gasteiger partial charge in [0.1, 0.15) is 0 Å². The van der Waals surface area contributed by atoms with Gasteiger partial charge < -0.3 is 0 Å². The zero-order chi connectivity index (χ0) is 16.8. The smallest absolute Gasteiger partial charge is 0.147 e. The average molecular weight is 481 g/mol. The molecule has 0 amide bonds. The van der Waals surface area contributed by atoms with Crippen LogP contribution in [-0.2, 0) is 17.4 Å². The topological polar surface area (TPSA) is 0 Å². The molecule has 2 aliphatic carbocycles. The van der Waals surface area contributed by atoms with E-state index in [2.05, 4.69) is 58.0 Å². The van der Waals surface area contributed by atoms with E-state index in [1.54, 1.807) is 5.57 Å². The first-order chi connectivity index (χ1) is 11.1. The molecular weight excluding hydrogens is 442 g/mol. The maximum atomic E-state index is 2.67. The molecule has 0 spiro atoms. The van der Waals surface area contributed by atoms with E-state index in [1.165, 1.54) is 59.6 Å². The molecule has 144 valence electrons. The maximum absolute atomic E-state index is 3.00. The number of rotatable bonds is 10. The summed E-state index contributed by atoms with van der Waals surface area (Å²) in [4.78, 5) is 0. The minimum absolute atomic E-state index is 0. The van der Waals surface area contributed by atoms with Gasteiger partial charge in [-0.2, -0.15) is 0 Å². The van der Waals surface area contributed by atoms with Crippen molar-refractivity contribution in [2.45, 2.75) is 80.4 Å². The second-order valence-corrected chi connectivity index (χ2v) is 33.1. The minimum Gasteiger partial charge on any atom is -0.147 e. The van der Waals surface area contributed by atoms with Crippen LogP contribution in [0, 0.1) is 0 Å². The monoisotopic (exact) mass is 478 g/mol. The molecule has 0 atom stereocenters. The Bertz CT molecular complexity index is 599. The Kier molecular flexibility index (Phi) is 11.8. The van der Waals surface area contributed by atoms with Crippen molar-refractivity contribution in [3.8, 4) is 0 Å². The van der Waals surface area contributed by atoms with Gasteiger partial charge in [0, 0.05) is 0 Å². The molecule has 2 aliphatic rings. The van der Waals surface area contributed by atoms with Crippen molar-refractivity contribution in [2.24, 2.45) is 0 Å². The van der Waals surface area contributed by atoms with Crippen LogP contribution in [0.3, 0.4) is 0 Å². The molecule has 0 bridgehead atoms. The van der Waals surface area contributed by atoms with Crippen molar-refractivity contribution in [1.82, 2.24) is 0 Å². The first kappa shape index (κ1) is 25.6. The van der Waals surface area contributed by atoms with E-state index in [0.29, 0.717) is 0 Å². The van der Waals surface area contributed by atoms with Gasteiger partial charge in [-0.25, -0.2) is 0 Å². The Labute approximate surface area is 171 Å². The van der Waals surface area contributed by atoms with E-state index in [1.807, 2.05) is 6.56 Å². The summed E-state index contributed by atoms with van der Waals surface area (Å²) < 4.78 is 6.88. The molecule has 0 saturated heterocycles. The van der Waals surface area contributed by atoms with Crippen LogP contribution in [0.4, 0.5) is 0 Å². The fourth-order valence-electron chi connectivity index (χ4n) is 4.62. The zero-order valence-corrected chi connectivity index (χ0v) is 22.0.